The van der Waals surface area contributed by atoms with E-state index < -0.39 is 0 Å². The highest BCUT2D eigenvalue weighted by molar-refractivity contribution is 14.1. The maximum atomic E-state index is 5.20. The smallest absolute Gasteiger partial charge is 0.133 e. The first-order valence-corrected chi connectivity index (χ1v) is 8.19. The van der Waals surface area contributed by atoms with Crippen LogP contribution in [0.4, 0.5) is 0 Å². The van der Waals surface area contributed by atoms with E-state index in [0.717, 1.165) is 23.3 Å². The summed E-state index contributed by atoms with van der Waals surface area (Å²) >= 11 is 5.93. The lowest BCUT2D eigenvalue weighted by molar-refractivity contribution is 0.412. The number of methoxy groups -OCH3 is 1. The van der Waals surface area contributed by atoms with Gasteiger partial charge in [-0.25, -0.2) is 0 Å². The Morgan fingerprint density at radius 1 is 1.29 bits per heavy atom. The molecule has 0 saturated heterocycles. The van der Waals surface area contributed by atoms with Crippen LogP contribution < -0.4 is 10.1 Å². The number of hydrogen-bond donors (Lipinski definition) is 1. The molecule has 0 fully saturated rings. The molecule has 1 rings (SSSR count). The number of benzene rings is 1. The third-order valence-electron chi connectivity index (χ3n) is 2.53. The Morgan fingerprint density at radius 3 is 2.76 bits per heavy atom. The zero-order chi connectivity index (χ0) is 12.5. The Hall–Kier alpha value is 0.190. The van der Waals surface area contributed by atoms with E-state index in [1.165, 1.54) is 29.3 Å². The van der Waals surface area contributed by atoms with Crippen LogP contribution in [0.3, 0.4) is 0 Å². The third kappa shape index (κ3) is 6.06. The zero-order valence-electron chi connectivity index (χ0n) is 10.1. The van der Waals surface area contributed by atoms with E-state index in [1.54, 1.807) is 7.11 Å². The van der Waals surface area contributed by atoms with Crippen molar-refractivity contribution >= 4 is 38.5 Å². The van der Waals surface area contributed by atoms with Gasteiger partial charge in [0.1, 0.15) is 5.75 Å². The Kier molecular flexibility index (Phi) is 8.22. The second-order valence-corrected chi connectivity index (χ2v) is 5.83. The lowest BCUT2D eigenvalue weighted by atomic mass is 10.2. The SMILES string of the molecule is COc1ccc(CNCCCCCI)cc1Br. The van der Waals surface area contributed by atoms with Gasteiger partial charge in [-0.2, -0.15) is 0 Å². The highest BCUT2D eigenvalue weighted by Gasteiger charge is 2.00. The number of hydrogen-bond acceptors (Lipinski definition) is 2. The minimum atomic E-state index is 0.885. The van der Waals surface area contributed by atoms with Crippen molar-refractivity contribution in [2.75, 3.05) is 18.1 Å². The number of unbranched alkanes of at least 4 members (excludes halogenated alkanes) is 2. The van der Waals surface area contributed by atoms with Gasteiger partial charge < -0.3 is 10.1 Å². The van der Waals surface area contributed by atoms with Crippen LogP contribution in [0.25, 0.3) is 0 Å². The van der Waals surface area contributed by atoms with Crippen LogP contribution in [0.5, 0.6) is 5.75 Å². The van der Waals surface area contributed by atoms with Crippen molar-refractivity contribution in [2.45, 2.75) is 25.8 Å². The van der Waals surface area contributed by atoms with Crippen molar-refractivity contribution in [3.63, 3.8) is 0 Å². The standard InChI is InChI=1S/C13H19BrINO/c1-17-13-6-5-11(9-12(13)14)10-16-8-4-2-3-7-15/h5-6,9,16H,2-4,7-8,10H2,1H3. The van der Waals surface area contributed by atoms with E-state index >= 15 is 0 Å². The number of ether oxygens (including phenoxy) is 1. The number of rotatable bonds is 8. The summed E-state index contributed by atoms with van der Waals surface area (Å²) in [4.78, 5) is 0. The molecular formula is C13H19BrINO. The molecule has 17 heavy (non-hydrogen) atoms. The molecule has 0 amide bonds. The average Bonchev–Trinajstić information content (AvgIpc) is 2.34. The fraction of sp³-hybridized carbons (Fsp3) is 0.538. The summed E-state index contributed by atoms with van der Waals surface area (Å²) in [6.07, 6.45) is 3.92. The van der Waals surface area contributed by atoms with Crippen LogP contribution in [0.15, 0.2) is 22.7 Å². The molecule has 0 saturated carbocycles. The van der Waals surface area contributed by atoms with E-state index in [-0.39, 0.29) is 0 Å². The summed E-state index contributed by atoms with van der Waals surface area (Å²) in [6, 6.07) is 6.20. The molecule has 1 N–H and O–H groups in total. The first-order chi connectivity index (χ1) is 8.27. The maximum absolute atomic E-state index is 5.20. The van der Waals surface area contributed by atoms with E-state index in [4.69, 9.17) is 4.74 Å². The van der Waals surface area contributed by atoms with Crippen molar-refractivity contribution in [3.8, 4) is 5.75 Å². The van der Waals surface area contributed by atoms with Gasteiger partial charge in [0.25, 0.3) is 0 Å². The molecule has 1 aromatic rings. The van der Waals surface area contributed by atoms with Gasteiger partial charge in [-0.05, 0) is 57.4 Å². The molecule has 4 heteroatoms. The summed E-state index contributed by atoms with van der Waals surface area (Å²) in [6.45, 7) is 2.02. The minimum Gasteiger partial charge on any atom is -0.496 e. The van der Waals surface area contributed by atoms with Gasteiger partial charge in [0.2, 0.25) is 0 Å². The summed E-state index contributed by atoms with van der Waals surface area (Å²) in [5.41, 5.74) is 1.28. The second kappa shape index (κ2) is 9.16. The quantitative estimate of drug-likeness (QED) is 0.394. The van der Waals surface area contributed by atoms with Crippen LogP contribution in [0, 0.1) is 0 Å². The first-order valence-electron chi connectivity index (χ1n) is 5.87. The largest absolute Gasteiger partial charge is 0.496 e. The van der Waals surface area contributed by atoms with Gasteiger partial charge in [-0.1, -0.05) is 35.1 Å². The molecule has 0 spiro atoms. The summed E-state index contributed by atoms with van der Waals surface area (Å²) in [5, 5.41) is 3.46. The van der Waals surface area contributed by atoms with Gasteiger partial charge in [0.05, 0.1) is 11.6 Å². The first kappa shape index (κ1) is 15.2. The Morgan fingerprint density at radius 2 is 2.12 bits per heavy atom. The molecule has 96 valence electrons. The molecule has 2 nitrogen and oxygen atoms in total. The number of nitrogens with one attached hydrogen (secondary N) is 1. The third-order valence-corrected chi connectivity index (χ3v) is 3.92. The molecule has 0 aliphatic rings. The monoisotopic (exact) mass is 411 g/mol. The highest BCUT2D eigenvalue weighted by Crippen LogP contribution is 2.25. The molecule has 0 unspecified atom stereocenters. The molecule has 0 atom stereocenters. The molecule has 1 aromatic carbocycles. The number of alkyl halides is 1. The zero-order valence-corrected chi connectivity index (χ0v) is 13.9. The topological polar surface area (TPSA) is 21.3 Å². The molecule has 0 aromatic heterocycles. The molecule has 0 aliphatic carbocycles. The van der Waals surface area contributed by atoms with Crippen LogP contribution in [0.1, 0.15) is 24.8 Å². The average molecular weight is 412 g/mol. The fourth-order valence-electron chi connectivity index (χ4n) is 1.57. The van der Waals surface area contributed by atoms with Crippen molar-refractivity contribution in [1.29, 1.82) is 0 Å². The van der Waals surface area contributed by atoms with Crippen LogP contribution in [-0.4, -0.2) is 18.1 Å². The lowest BCUT2D eigenvalue weighted by Crippen LogP contribution is -2.14. The summed E-state index contributed by atoms with van der Waals surface area (Å²) in [7, 11) is 1.69. The van der Waals surface area contributed by atoms with Gasteiger partial charge in [0, 0.05) is 6.54 Å². The van der Waals surface area contributed by atoms with E-state index in [2.05, 4.69) is 56.0 Å². The van der Waals surface area contributed by atoms with Crippen molar-refractivity contribution < 1.29 is 4.74 Å². The minimum absolute atomic E-state index is 0.885. The molecule has 0 aliphatic heterocycles. The number of halogens is 2. The fourth-order valence-corrected chi connectivity index (χ4v) is 2.70. The predicted octanol–water partition coefficient (Wildman–Crippen LogP) is 4.15. The predicted molar refractivity (Wildman–Crippen MR) is 85.1 cm³/mol. The van der Waals surface area contributed by atoms with Gasteiger partial charge >= 0.3 is 0 Å². The molecule has 0 heterocycles. The van der Waals surface area contributed by atoms with E-state index in [0.29, 0.717) is 0 Å². The Balaban J connectivity index is 2.25. The van der Waals surface area contributed by atoms with Crippen molar-refractivity contribution in [3.05, 3.63) is 28.2 Å². The van der Waals surface area contributed by atoms with Crippen LogP contribution in [0.2, 0.25) is 0 Å². The van der Waals surface area contributed by atoms with E-state index in [9.17, 15) is 0 Å². The maximum Gasteiger partial charge on any atom is 0.133 e. The lowest BCUT2D eigenvalue weighted by Gasteiger charge is -2.07. The van der Waals surface area contributed by atoms with E-state index in [1.807, 2.05) is 6.07 Å². The second-order valence-electron chi connectivity index (χ2n) is 3.90. The van der Waals surface area contributed by atoms with Crippen LogP contribution >= 0.6 is 38.5 Å². The highest BCUT2D eigenvalue weighted by atomic mass is 127. The Labute approximate surface area is 126 Å². The molecule has 0 radical (unpaired) electrons. The normalized spacial score (nSPS) is 10.5. The van der Waals surface area contributed by atoms with Gasteiger partial charge in [0.15, 0.2) is 0 Å². The molecule has 0 bridgehead atoms. The van der Waals surface area contributed by atoms with Gasteiger partial charge in [-0.3, -0.25) is 0 Å². The Bertz CT molecular complexity index is 333. The van der Waals surface area contributed by atoms with Crippen LogP contribution in [-0.2, 0) is 6.54 Å². The summed E-state index contributed by atoms with van der Waals surface area (Å²) < 4.78 is 7.49. The summed E-state index contributed by atoms with van der Waals surface area (Å²) in [5.74, 6) is 0.885. The molecular weight excluding hydrogens is 393 g/mol. The van der Waals surface area contributed by atoms with Crippen molar-refractivity contribution in [1.82, 2.24) is 5.32 Å². The van der Waals surface area contributed by atoms with Gasteiger partial charge in [-0.15, -0.1) is 0 Å². The van der Waals surface area contributed by atoms with Crippen molar-refractivity contribution in [2.24, 2.45) is 0 Å².